The molecule has 0 heterocycles. The molecule has 1 aromatic rings. The molecule has 0 saturated carbocycles. The van der Waals surface area contributed by atoms with Crippen LogP contribution in [0.25, 0.3) is 5.57 Å². The highest BCUT2D eigenvalue weighted by molar-refractivity contribution is 5.73. The van der Waals surface area contributed by atoms with Gasteiger partial charge in [-0.05, 0) is 11.1 Å². The lowest BCUT2D eigenvalue weighted by Gasteiger charge is -1.99. The minimum absolute atomic E-state index is 0.0518. The zero-order valence-electron chi connectivity index (χ0n) is 6.90. The molecule has 1 rings (SSSR count). The molecule has 0 amide bonds. The van der Waals surface area contributed by atoms with Gasteiger partial charge in [0.1, 0.15) is 0 Å². The first-order valence-electron chi connectivity index (χ1n) is 3.87. The Morgan fingerprint density at radius 2 is 2.00 bits per heavy atom. The molecule has 0 aromatic heterocycles. The van der Waals surface area contributed by atoms with E-state index in [1.165, 1.54) is 0 Å². The summed E-state index contributed by atoms with van der Waals surface area (Å²) in [6, 6.07) is 9.86. The van der Waals surface area contributed by atoms with Crippen LogP contribution >= 0.6 is 0 Å². The maximum atomic E-state index is 8.70. The monoisotopic (exact) mass is 160 g/mol. The van der Waals surface area contributed by atoms with Crippen molar-refractivity contribution >= 4 is 5.57 Å². The molecule has 0 unspecified atom stereocenters. The summed E-state index contributed by atoms with van der Waals surface area (Å²) in [7, 11) is 0. The van der Waals surface area contributed by atoms with Gasteiger partial charge in [-0.3, -0.25) is 0 Å². The summed E-state index contributed by atoms with van der Waals surface area (Å²) in [6.07, 6.45) is 3.48. The molecule has 0 aliphatic carbocycles. The van der Waals surface area contributed by atoms with Crippen LogP contribution in [0.1, 0.15) is 5.56 Å². The summed E-state index contributed by atoms with van der Waals surface area (Å²) in [5.74, 6) is 0. The van der Waals surface area contributed by atoms with Crippen molar-refractivity contribution in [1.29, 1.82) is 0 Å². The van der Waals surface area contributed by atoms with Gasteiger partial charge in [0.2, 0.25) is 0 Å². The number of hydrogen-bond donors (Lipinski definition) is 1. The van der Waals surface area contributed by atoms with E-state index in [0.29, 0.717) is 0 Å². The van der Waals surface area contributed by atoms with Crippen LogP contribution in [0.4, 0.5) is 0 Å². The Morgan fingerprint density at radius 3 is 2.50 bits per heavy atom. The first-order chi connectivity index (χ1) is 5.88. The summed E-state index contributed by atoms with van der Waals surface area (Å²) in [5.41, 5.74) is 2.06. The fourth-order valence-corrected chi connectivity index (χ4v) is 1.05. The Kier molecular flexibility index (Phi) is 3.30. The summed E-state index contributed by atoms with van der Waals surface area (Å²) in [4.78, 5) is 0. The van der Waals surface area contributed by atoms with Crippen LogP contribution in [0.15, 0.2) is 49.1 Å². The Balaban J connectivity index is 2.96. The first-order valence-corrected chi connectivity index (χ1v) is 3.87. The van der Waals surface area contributed by atoms with Crippen molar-refractivity contribution in [2.45, 2.75) is 0 Å². The van der Waals surface area contributed by atoms with Crippen molar-refractivity contribution < 1.29 is 5.11 Å². The largest absolute Gasteiger partial charge is 0.392 e. The predicted molar refractivity (Wildman–Crippen MR) is 51.7 cm³/mol. The van der Waals surface area contributed by atoms with E-state index in [1.807, 2.05) is 30.3 Å². The molecule has 1 aromatic carbocycles. The van der Waals surface area contributed by atoms with Crippen molar-refractivity contribution in [2.24, 2.45) is 0 Å². The zero-order valence-corrected chi connectivity index (χ0v) is 6.90. The molecule has 1 heteroatoms. The molecule has 0 spiro atoms. The van der Waals surface area contributed by atoms with Crippen LogP contribution in [0.3, 0.4) is 0 Å². The van der Waals surface area contributed by atoms with E-state index in [-0.39, 0.29) is 6.61 Å². The van der Waals surface area contributed by atoms with Crippen LogP contribution < -0.4 is 0 Å². The number of aliphatic hydroxyl groups excluding tert-OH is 1. The van der Waals surface area contributed by atoms with Crippen molar-refractivity contribution in [3.8, 4) is 0 Å². The average Bonchev–Trinajstić information content (AvgIpc) is 2.15. The second kappa shape index (κ2) is 4.52. The molecule has 0 radical (unpaired) electrons. The molecule has 0 bridgehead atoms. The highest BCUT2D eigenvalue weighted by Gasteiger charge is 1.93. The Hall–Kier alpha value is -1.34. The molecule has 0 atom stereocenters. The maximum Gasteiger partial charge on any atom is 0.0621 e. The van der Waals surface area contributed by atoms with Crippen molar-refractivity contribution in [3.63, 3.8) is 0 Å². The lowest BCUT2D eigenvalue weighted by Crippen LogP contribution is -1.82. The van der Waals surface area contributed by atoms with E-state index in [1.54, 1.807) is 12.2 Å². The van der Waals surface area contributed by atoms with Gasteiger partial charge < -0.3 is 5.11 Å². The quantitative estimate of drug-likeness (QED) is 0.672. The van der Waals surface area contributed by atoms with Gasteiger partial charge >= 0.3 is 0 Å². The molecule has 1 N–H and O–H groups in total. The second-order valence-electron chi connectivity index (χ2n) is 2.41. The number of benzene rings is 1. The lowest BCUT2D eigenvalue weighted by atomic mass is 10.1. The van der Waals surface area contributed by atoms with Crippen LogP contribution in [-0.4, -0.2) is 11.7 Å². The van der Waals surface area contributed by atoms with Crippen LogP contribution in [-0.2, 0) is 0 Å². The van der Waals surface area contributed by atoms with Gasteiger partial charge in [0.15, 0.2) is 0 Å². The molecule has 0 fully saturated rings. The van der Waals surface area contributed by atoms with E-state index in [0.717, 1.165) is 11.1 Å². The summed E-state index contributed by atoms with van der Waals surface area (Å²) >= 11 is 0. The minimum atomic E-state index is 0.0518. The van der Waals surface area contributed by atoms with Gasteiger partial charge in [-0.15, -0.1) is 0 Å². The van der Waals surface area contributed by atoms with Crippen molar-refractivity contribution in [3.05, 3.63) is 54.6 Å². The van der Waals surface area contributed by atoms with E-state index >= 15 is 0 Å². The second-order valence-corrected chi connectivity index (χ2v) is 2.41. The standard InChI is InChI=1S/C11H12O/c1-2-10(8-9-12)11-6-4-3-5-7-11/h2-8,12H,1,9H2/b10-8+. The molecule has 62 valence electrons. The summed E-state index contributed by atoms with van der Waals surface area (Å²) in [5, 5.41) is 8.70. The van der Waals surface area contributed by atoms with Crippen LogP contribution in [0, 0.1) is 0 Å². The van der Waals surface area contributed by atoms with Gasteiger partial charge in [0, 0.05) is 0 Å². The number of allylic oxidation sites excluding steroid dienone is 2. The third-order valence-corrected chi connectivity index (χ3v) is 1.64. The molecule has 0 saturated heterocycles. The zero-order chi connectivity index (χ0) is 8.81. The minimum Gasteiger partial charge on any atom is -0.392 e. The lowest BCUT2D eigenvalue weighted by molar-refractivity contribution is 0.343. The highest BCUT2D eigenvalue weighted by Crippen LogP contribution is 2.13. The average molecular weight is 160 g/mol. The molecular weight excluding hydrogens is 148 g/mol. The first kappa shape index (κ1) is 8.75. The smallest absolute Gasteiger partial charge is 0.0621 e. The van der Waals surface area contributed by atoms with Gasteiger partial charge in [-0.25, -0.2) is 0 Å². The highest BCUT2D eigenvalue weighted by atomic mass is 16.2. The Morgan fingerprint density at radius 1 is 1.33 bits per heavy atom. The molecule has 12 heavy (non-hydrogen) atoms. The maximum absolute atomic E-state index is 8.70. The van der Waals surface area contributed by atoms with Gasteiger partial charge in [0.25, 0.3) is 0 Å². The fourth-order valence-electron chi connectivity index (χ4n) is 1.05. The fraction of sp³-hybridized carbons (Fsp3) is 0.0909. The summed E-state index contributed by atoms with van der Waals surface area (Å²) in [6.45, 7) is 3.73. The Labute approximate surface area is 72.7 Å². The van der Waals surface area contributed by atoms with Crippen molar-refractivity contribution in [2.75, 3.05) is 6.61 Å². The third-order valence-electron chi connectivity index (χ3n) is 1.64. The molecule has 0 aliphatic heterocycles. The SMILES string of the molecule is C=C/C(=C\CO)c1ccccc1. The molecule has 0 aliphatic rings. The van der Waals surface area contributed by atoms with Crippen LogP contribution in [0.2, 0.25) is 0 Å². The van der Waals surface area contributed by atoms with Crippen molar-refractivity contribution in [1.82, 2.24) is 0 Å². The van der Waals surface area contributed by atoms with Gasteiger partial charge in [-0.2, -0.15) is 0 Å². The number of hydrogen-bond acceptors (Lipinski definition) is 1. The Bertz CT molecular complexity index is 272. The van der Waals surface area contributed by atoms with E-state index in [4.69, 9.17) is 5.11 Å². The van der Waals surface area contributed by atoms with Crippen LogP contribution in [0.5, 0.6) is 0 Å². The number of rotatable bonds is 3. The molecule has 1 nitrogen and oxygen atoms in total. The summed E-state index contributed by atoms with van der Waals surface area (Å²) < 4.78 is 0. The van der Waals surface area contributed by atoms with E-state index < -0.39 is 0 Å². The topological polar surface area (TPSA) is 20.2 Å². The number of aliphatic hydroxyl groups is 1. The van der Waals surface area contributed by atoms with Gasteiger partial charge in [0.05, 0.1) is 6.61 Å². The predicted octanol–water partition coefficient (Wildman–Crippen LogP) is 2.25. The third kappa shape index (κ3) is 2.07. The molecular formula is C11H12O. The normalized spacial score (nSPS) is 11.2. The van der Waals surface area contributed by atoms with E-state index in [2.05, 4.69) is 6.58 Å². The van der Waals surface area contributed by atoms with E-state index in [9.17, 15) is 0 Å². The van der Waals surface area contributed by atoms with Gasteiger partial charge in [-0.1, -0.05) is 49.1 Å².